The highest BCUT2D eigenvalue weighted by molar-refractivity contribution is 5.75. The van der Waals surface area contributed by atoms with Crippen molar-refractivity contribution in [3.63, 3.8) is 0 Å². The molecule has 0 aliphatic carbocycles. The summed E-state index contributed by atoms with van der Waals surface area (Å²) in [5, 5.41) is 11.6. The molecule has 0 atom stereocenters. The minimum absolute atomic E-state index is 0.122. The summed E-state index contributed by atoms with van der Waals surface area (Å²) in [6.07, 6.45) is 1.49. The number of nitrogen functional groups attached to an aromatic ring is 1. The molecule has 0 aromatic carbocycles. The Labute approximate surface area is 98.4 Å². The number of hydrogen-bond acceptors (Lipinski definition) is 6. The lowest BCUT2D eigenvalue weighted by molar-refractivity contribution is -0.122. The topological polar surface area (TPSA) is 127 Å². The van der Waals surface area contributed by atoms with E-state index in [0.29, 0.717) is 30.2 Å². The second-order valence-corrected chi connectivity index (χ2v) is 3.18. The molecule has 0 bridgehead atoms. The molecule has 90 valence electrons. The molecule has 1 aromatic heterocycles. The van der Waals surface area contributed by atoms with Gasteiger partial charge in [0, 0.05) is 12.7 Å². The Morgan fingerprint density at radius 3 is 3.06 bits per heavy atom. The predicted molar refractivity (Wildman–Crippen MR) is 61.9 cm³/mol. The Bertz CT molecular complexity index is 441. The Kier molecular flexibility index (Phi) is 4.72. The van der Waals surface area contributed by atoms with Crippen LogP contribution in [0.2, 0.25) is 0 Å². The van der Waals surface area contributed by atoms with Gasteiger partial charge in [-0.25, -0.2) is 4.98 Å². The first-order chi connectivity index (χ1) is 8.15. The van der Waals surface area contributed by atoms with Crippen molar-refractivity contribution in [3.8, 4) is 6.07 Å². The van der Waals surface area contributed by atoms with E-state index in [0.717, 1.165) is 0 Å². The fraction of sp³-hybridized carbons (Fsp3) is 0.300. The molecule has 0 spiro atoms. The van der Waals surface area contributed by atoms with Crippen LogP contribution in [0.3, 0.4) is 0 Å². The van der Waals surface area contributed by atoms with Gasteiger partial charge in [-0.1, -0.05) is 0 Å². The van der Waals surface area contributed by atoms with Crippen molar-refractivity contribution in [1.82, 2.24) is 4.98 Å². The van der Waals surface area contributed by atoms with Crippen molar-refractivity contribution in [2.75, 3.05) is 30.8 Å². The van der Waals surface area contributed by atoms with Gasteiger partial charge >= 0.3 is 0 Å². The van der Waals surface area contributed by atoms with Crippen molar-refractivity contribution < 1.29 is 9.53 Å². The number of nitrogens with one attached hydrogen (secondary N) is 1. The van der Waals surface area contributed by atoms with Gasteiger partial charge in [-0.2, -0.15) is 5.26 Å². The van der Waals surface area contributed by atoms with E-state index in [1.165, 1.54) is 12.3 Å². The SMILES string of the molecule is N#Cc1ccnc(NCCOCC(N)=O)c1N. The molecule has 1 amide bonds. The summed E-state index contributed by atoms with van der Waals surface area (Å²) < 4.78 is 4.94. The van der Waals surface area contributed by atoms with Gasteiger partial charge in [-0.05, 0) is 6.07 Å². The van der Waals surface area contributed by atoms with Crippen molar-refractivity contribution in [2.45, 2.75) is 0 Å². The van der Waals surface area contributed by atoms with E-state index < -0.39 is 5.91 Å². The van der Waals surface area contributed by atoms with Crippen molar-refractivity contribution in [2.24, 2.45) is 5.73 Å². The number of amides is 1. The number of rotatable bonds is 6. The molecule has 5 N–H and O–H groups in total. The average molecular weight is 235 g/mol. The Morgan fingerprint density at radius 2 is 2.41 bits per heavy atom. The first-order valence-corrected chi connectivity index (χ1v) is 4.89. The van der Waals surface area contributed by atoms with E-state index in [2.05, 4.69) is 10.3 Å². The summed E-state index contributed by atoms with van der Waals surface area (Å²) >= 11 is 0. The zero-order chi connectivity index (χ0) is 12.7. The number of anilines is 2. The molecule has 0 radical (unpaired) electrons. The number of nitrogens with zero attached hydrogens (tertiary/aromatic N) is 2. The number of carbonyl (C=O) groups excluding carboxylic acids is 1. The van der Waals surface area contributed by atoms with Gasteiger partial charge in [0.25, 0.3) is 0 Å². The molecule has 0 unspecified atom stereocenters. The largest absolute Gasteiger partial charge is 0.395 e. The summed E-state index contributed by atoms with van der Waals surface area (Å²) in [7, 11) is 0. The molecule has 0 aliphatic rings. The number of nitriles is 1. The lowest BCUT2D eigenvalue weighted by Gasteiger charge is -2.08. The fourth-order valence-electron chi connectivity index (χ4n) is 1.13. The molecular formula is C10H13N5O2. The van der Waals surface area contributed by atoms with Gasteiger partial charge in [-0.15, -0.1) is 0 Å². The van der Waals surface area contributed by atoms with Crippen LogP contribution < -0.4 is 16.8 Å². The summed E-state index contributed by atoms with van der Waals surface area (Å²) in [6.45, 7) is 0.586. The third-order valence-corrected chi connectivity index (χ3v) is 1.89. The van der Waals surface area contributed by atoms with Gasteiger partial charge in [0.15, 0.2) is 5.82 Å². The third kappa shape index (κ3) is 3.96. The summed E-state index contributed by atoms with van der Waals surface area (Å²) in [6, 6.07) is 3.49. The van der Waals surface area contributed by atoms with Gasteiger partial charge < -0.3 is 21.5 Å². The van der Waals surface area contributed by atoms with Crippen LogP contribution in [0.25, 0.3) is 0 Å². The van der Waals surface area contributed by atoms with Crippen molar-refractivity contribution in [3.05, 3.63) is 17.8 Å². The smallest absolute Gasteiger partial charge is 0.243 e. The highest BCUT2D eigenvalue weighted by Gasteiger charge is 2.04. The lowest BCUT2D eigenvalue weighted by atomic mass is 10.2. The van der Waals surface area contributed by atoms with Crippen LogP contribution in [0, 0.1) is 11.3 Å². The Hall–Kier alpha value is -2.33. The molecular weight excluding hydrogens is 222 g/mol. The zero-order valence-electron chi connectivity index (χ0n) is 9.14. The first kappa shape index (κ1) is 12.7. The normalized spacial score (nSPS) is 9.59. The standard InChI is InChI=1S/C10H13N5O2/c11-5-7-1-2-14-10(9(7)13)15-3-4-17-6-8(12)16/h1-2H,3-4,6,13H2,(H2,12,16)(H,14,15). The second-order valence-electron chi connectivity index (χ2n) is 3.18. The van der Waals surface area contributed by atoms with Crippen LogP contribution in [0.4, 0.5) is 11.5 Å². The number of pyridine rings is 1. The zero-order valence-corrected chi connectivity index (χ0v) is 9.14. The van der Waals surface area contributed by atoms with Crippen LogP contribution in [0.1, 0.15) is 5.56 Å². The van der Waals surface area contributed by atoms with E-state index >= 15 is 0 Å². The Balaban J connectivity index is 2.42. The third-order valence-electron chi connectivity index (χ3n) is 1.89. The van der Waals surface area contributed by atoms with E-state index in [9.17, 15) is 4.79 Å². The number of nitrogens with two attached hydrogens (primary N) is 2. The minimum Gasteiger partial charge on any atom is -0.395 e. The molecule has 7 nitrogen and oxygen atoms in total. The van der Waals surface area contributed by atoms with Crippen molar-refractivity contribution in [1.29, 1.82) is 5.26 Å². The summed E-state index contributed by atoms with van der Waals surface area (Å²) in [4.78, 5) is 14.4. The average Bonchev–Trinajstić information content (AvgIpc) is 2.30. The minimum atomic E-state index is -0.519. The molecule has 0 saturated heterocycles. The second kappa shape index (κ2) is 6.30. The van der Waals surface area contributed by atoms with E-state index in [1.54, 1.807) is 0 Å². The maximum Gasteiger partial charge on any atom is 0.243 e. The highest BCUT2D eigenvalue weighted by atomic mass is 16.5. The van der Waals surface area contributed by atoms with Gasteiger partial charge in [-0.3, -0.25) is 4.79 Å². The molecule has 0 fully saturated rings. The van der Waals surface area contributed by atoms with Crippen LogP contribution in [0.15, 0.2) is 12.3 Å². The Morgan fingerprint density at radius 1 is 1.65 bits per heavy atom. The first-order valence-electron chi connectivity index (χ1n) is 4.89. The molecule has 17 heavy (non-hydrogen) atoms. The van der Waals surface area contributed by atoms with Gasteiger partial charge in [0.2, 0.25) is 5.91 Å². The molecule has 7 heteroatoms. The monoisotopic (exact) mass is 235 g/mol. The lowest BCUT2D eigenvalue weighted by Crippen LogP contribution is -2.21. The molecule has 1 heterocycles. The van der Waals surface area contributed by atoms with E-state index in [1.807, 2.05) is 6.07 Å². The number of primary amides is 1. The van der Waals surface area contributed by atoms with Gasteiger partial charge in [0.1, 0.15) is 12.7 Å². The van der Waals surface area contributed by atoms with Crippen LogP contribution in [0.5, 0.6) is 0 Å². The van der Waals surface area contributed by atoms with Crippen molar-refractivity contribution >= 4 is 17.4 Å². The summed E-state index contributed by atoms with van der Waals surface area (Å²) in [5.74, 6) is -0.0964. The number of carbonyl (C=O) groups is 1. The van der Waals surface area contributed by atoms with Crippen LogP contribution in [-0.2, 0) is 9.53 Å². The molecule has 1 aromatic rings. The number of ether oxygens (including phenoxy) is 1. The van der Waals surface area contributed by atoms with E-state index in [4.69, 9.17) is 21.5 Å². The maximum atomic E-state index is 10.4. The number of hydrogen-bond donors (Lipinski definition) is 3. The number of aromatic nitrogens is 1. The summed E-state index contributed by atoms with van der Waals surface area (Å²) in [5.41, 5.74) is 11.2. The quantitative estimate of drug-likeness (QED) is 0.567. The fourth-order valence-corrected chi connectivity index (χ4v) is 1.13. The van der Waals surface area contributed by atoms with Crippen LogP contribution in [-0.4, -0.2) is 30.6 Å². The van der Waals surface area contributed by atoms with Gasteiger partial charge in [0.05, 0.1) is 17.9 Å². The maximum absolute atomic E-state index is 10.4. The van der Waals surface area contributed by atoms with Crippen LogP contribution >= 0.6 is 0 Å². The predicted octanol–water partition coefficient (Wildman–Crippen LogP) is -0.551. The molecule has 0 aliphatic heterocycles. The molecule has 0 saturated carbocycles. The highest BCUT2D eigenvalue weighted by Crippen LogP contribution is 2.18. The molecule has 1 rings (SSSR count). The van der Waals surface area contributed by atoms with E-state index in [-0.39, 0.29) is 6.61 Å².